The molecule has 2 heterocycles. The van der Waals surface area contributed by atoms with Gasteiger partial charge in [0.2, 0.25) is 0 Å². The molecule has 0 aliphatic carbocycles. The lowest BCUT2D eigenvalue weighted by Crippen LogP contribution is -2.09. The maximum Gasteiger partial charge on any atom is 0.155 e. The minimum absolute atomic E-state index is 0.997. The van der Waals surface area contributed by atoms with Crippen LogP contribution in [0.4, 0.5) is 11.4 Å². The molecule has 34 heavy (non-hydrogen) atoms. The number of aromatic nitrogens is 2. The summed E-state index contributed by atoms with van der Waals surface area (Å²) in [5.74, 6) is 0. The summed E-state index contributed by atoms with van der Waals surface area (Å²) in [4.78, 5) is 16.4. The molecule has 4 aromatic carbocycles. The largest absolute Gasteiger partial charge is 0.377 e. The van der Waals surface area contributed by atoms with Gasteiger partial charge in [-0.1, -0.05) is 71.2 Å². The number of hydrogen-bond acceptors (Lipinski definition) is 6. The van der Waals surface area contributed by atoms with Crippen molar-refractivity contribution in [3.63, 3.8) is 0 Å². The monoisotopic (exact) mass is 480 g/mol. The van der Waals surface area contributed by atoms with Crippen LogP contribution >= 0.6 is 22.7 Å². The van der Waals surface area contributed by atoms with E-state index in [0.717, 1.165) is 19.7 Å². The van der Waals surface area contributed by atoms with Crippen LogP contribution in [0.25, 0.3) is 52.3 Å². The molecule has 0 saturated heterocycles. The number of benzene rings is 4. The van der Waals surface area contributed by atoms with Crippen LogP contribution in [0.2, 0.25) is 0 Å². The maximum absolute atomic E-state index is 5.03. The Morgan fingerprint density at radius 1 is 0.500 bits per heavy atom. The Morgan fingerprint density at radius 2 is 0.882 bits per heavy atom. The van der Waals surface area contributed by atoms with E-state index in [4.69, 9.17) is 9.97 Å². The smallest absolute Gasteiger partial charge is 0.155 e. The lowest BCUT2D eigenvalue weighted by Gasteiger charge is -2.17. The fourth-order valence-corrected chi connectivity index (χ4v) is 6.71. The third-order valence-electron chi connectivity index (χ3n) is 6.20. The summed E-state index contributed by atoms with van der Waals surface area (Å²) >= 11 is 3.35. The second-order valence-corrected chi connectivity index (χ2v) is 10.7. The molecule has 0 fully saturated rings. The highest BCUT2D eigenvalue weighted by Crippen LogP contribution is 2.42. The van der Waals surface area contributed by atoms with Crippen molar-refractivity contribution < 1.29 is 0 Å². The normalized spacial score (nSPS) is 11.5. The van der Waals surface area contributed by atoms with Gasteiger partial charge in [0.05, 0.1) is 0 Å². The summed E-state index contributed by atoms with van der Waals surface area (Å²) in [5, 5.41) is 6.97. The molecule has 2 aromatic heterocycles. The SMILES string of the molecule is CN(C)c1ccc(-c2nc3sc(-c4ccc(N(C)C)c5ccccc45)nc3s2)c2ccccc12. The number of anilines is 2. The van der Waals surface area contributed by atoms with Crippen molar-refractivity contribution in [2.24, 2.45) is 0 Å². The van der Waals surface area contributed by atoms with E-state index in [9.17, 15) is 0 Å². The van der Waals surface area contributed by atoms with Crippen LogP contribution < -0.4 is 9.80 Å². The minimum Gasteiger partial charge on any atom is -0.377 e. The number of fused-ring (bicyclic) bond motifs is 3. The van der Waals surface area contributed by atoms with Gasteiger partial charge in [0, 0.05) is 61.5 Å². The zero-order chi connectivity index (χ0) is 23.4. The first kappa shape index (κ1) is 21.1. The van der Waals surface area contributed by atoms with Gasteiger partial charge in [-0.2, -0.15) is 0 Å². The molecular formula is C28H24N4S2. The molecule has 0 atom stereocenters. The topological polar surface area (TPSA) is 32.3 Å². The van der Waals surface area contributed by atoms with Gasteiger partial charge in [-0.15, -0.1) is 0 Å². The molecule has 0 aliphatic heterocycles. The van der Waals surface area contributed by atoms with Crippen LogP contribution in [0, 0.1) is 0 Å². The van der Waals surface area contributed by atoms with Crippen molar-refractivity contribution in [3.05, 3.63) is 72.8 Å². The van der Waals surface area contributed by atoms with Crippen LogP contribution in [-0.4, -0.2) is 38.2 Å². The van der Waals surface area contributed by atoms with Crippen molar-refractivity contribution in [3.8, 4) is 21.1 Å². The predicted molar refractivity (Wildman–Crippen MR) is 150 cm³/mol. The third-order valence-corrected chi connectivity index (χ3v) is 8.30. The van der Waals surface area contributed by atoms with E-state index < -0.39 is 0 Å². The number of nitrogens with zero attached hydrogens (tertiary/aromatic N) is 4. The Bertz CT molecular complexity index is 1520. The van der Waals surface area contributed by atoms with Gasteiger partial charge in [-0.3, -0.25) is 0 Å². The Morgan fingerprint density at radius 3 is 1.26 bits per heavy atom. The lowest BCUT2D eigenvalue weighted by molar-refractivity contribution is 1.14. The first-order valence-corrected chi connectivity index (χ1v) is 12.8. The van der Waals surface area contributed by atoms with Crippen molar-refractivity contribution in [2.45, 2.75) is 0 Å². The molecule has 0 unspecified atom stereocenters. The Kier molecular flexibility index (Phi) is 5.01. The van der Waals surface area contributed by atoms with Gasteiger partial charge >= 0.3 is 0 Å². The van der Waals surface area contributed by atoms with Gasteiger partial charge < -0.3 is 9.80 Å². The highest BCUT2D eigenvalue weighted by molar-refractivity contribution is 7.29. The van der Waals surface area contributed by atoms with Gasteiger partial charge in [0.15, 0.2) is 9.66 Å². The van der Waals surface area contributed by atoms with E-state index >= 15 is 0 Å². The van der Waals surface area contributed by atoms with Crippen molar-refractivity contribution in [1.29, 1.82) is 0 Å². The summed E-state index contributed by atoms with van der Waals surface area (Å²) in [6.07, 6.45) is 0. The van der Waals surface area contributed by atoms with E-state index in [1.54, 1.807) is 22.7 Å². The first-order chi connectivity index (χ1) is 16.5. The van der Waals surface area contributed by atoms with Gasteiger partial charge in [-0.05, 0) is 35.0 Å². The molecule has 4 nitrogen and oxygen atoms in total. The Hall–Kier alpha value is -3.48. The first-order valence-electron chi connectivity index (χ1n) is 11.2. The molecule has 0 radical (unpaired) electrons. The van der Waals surface area contributed by atoms with E-state index in [0.29, 0.717) is 0 Å². The van der Waals surface area contributed by atoms with Crippen molar-refractivity contribution >= 4 is 65.3 Å². The molecule has 0 bridgehead atoms. The second-order valence-electron chi connectivity index (χ2n) is 8.79. The van der Waals surface area contributed by atoms with Crippen molar-refractivity contribution in [2.75, 3.05) is 38.0 Å². The van der Waals surface area contributed by atoms with Gasteiger partial charge in [0.25, 0.3) is 0 Å². The lowest BCUT2D eigenvalue weighted by atomic mass is 10.0. The zero-order valence-electron chi connectivity index (χ0n) is 19.5. The predicted octanol–water partition coefficient (Wildman–Crippen LogP) is 7.53. The molecule has 6 aromatic rings. The molecule has 6 rings (SSSR count). The molecule has 0 spiro atoms. The average molecular weight is 481 g/mol. The van der Waals surface area contributed by atoms with Gasteiger partial charge in [0.1, 0.15) is 10.0 Å². The molecule has 168 valence electrons. The molecular weight excluding hydrogens is 456 g/mol. The fraction of sp³-hybridized carbons (Fsp3) is 0.143. The van der Waals surface area contributed by atoms with E-state index in [1.807, 2.05) is 0 Å². The molecule has 6 heteroatoms. The molecule has 0 amide bonds. The molecule has 0 saturated carbocycles. The van der Waals surface area contributed by atoms with E-state index in [2.05, 4.69) is 111 Å². The number of rotatable bonds is 4. The fourth-order valence-electron chi connectivity index (χ4n) is 4.59. The summed E-state index contributed by atoms with van der Waals surface area (Å²) in [7, 11) is 8.34. The van der Waals surface area contributed by atoms with Gasteiger partial charge in [-0.25, -0.2) is 9.97 Å². The number of hydrogen-bond donors (Lipinski definition) is 0. The van der Waals surface area contributed by atoms with Crippen LogP contribution in [-0.2, 0) is 0 Å². The molecule has 0 N–H and O–H groups in total. The quantitative estimate of drug-likeness (QED) is 0.261. The standard InChI is InChI=1S/C28H24N4S2/c1-31(2)23-15-13-21(17-9-5-7-11-19(17)23)25-29-27-28(33-25)30-26(34-27)22-14-16-24(32(3)4)20-12-8-6-10-18(20)22/h5-16H,1-4H3. The van der Waals surface area contributed by atoms with Crippen LogP contribution in [0.15, 0.2) is 72.8 Å². The minimum atomic E-state index is 0.997. The summed E-state index contributed by atoms with van der Waals surface area (Å²) in [6, 6.07) is 25.9. The maximum atomic E-state index is 5.03. The Labute approximate surface area is 206 Å². The number of thiazole rings is 2. The highest BCUT2D eigenvalue weighted by atomic mass is 32.1. The van der Waals surface area contributed by atoms with Crippen LogP contribution in [0.5, 0.6) is 0 Å². The second kappa shape index (κ2) is 8.08. The molecule has 0 aliphatic rings. The third kappa shape index (κ3) is 3.33. The average Bonchev–Trinajstić information content (AvgIpc) is 3.42. The zero-order valence-corrected chi connectivity index (χ0v) is 21.2. The van der Waals surface area contributed by atoms with E-state index in [1.165, 1.54) is 44.0 Å². The summed E-state index contributed by atoms with van der Waals surface area (Å²) < 4.78 is 0. The highest BCUT2D eigenvalue weighted by Gasteiger charge is 2.18. The Balaban J connectivity index is 1.47. The van der Waals surface area contributed by atoms with Crippen molar-refractivity contribution in [1.82, 2.24) is 9.97 Å². The van der Waals surface area contributed by atoms with Crippen LogP contribution in [0.3, 0.4) is 0 Å². The van der Waals surface area contributed by atoms with Crippen LogP contribution in [0.1, 0.15) is 0 Å². The summed E-state index contributed by atoms with van der Waals surface area (Å²) in [5.41, 5.74) is 4.76. The summed E-state index contributed by atoms with van der Waals surface area (Å²) in [6.45, 7) is 0. The van der Waals surface area contributed by atoms with E-state index in [-0.39, 0.29) is 0 Å².